The largest absolute Gasteiger partial charge is 0.508 e. The number of benzene rings is 2. The van der Waals surface area contributed by atoms with E-state index >= 15 is 0 Å². The summed E-state index contributed by atoms with van der Waals surface area (Å²) in [6.07, 6.45) is 1.16. The van der Waals surface area contributed by atoms with E-state index < -0.39 is 0 Å². The third-order valence-corrected chi connectivity index (χ3v) is 6.56. The zero-order valence-electron chi connectivity index (χ0n) is 18.0. The molecular formula is C26H26N2O3. The van der Waals surface area contributed by atoms with Gasteiger partial charge in [-0.25, -0.2) is 0 Å². The van der Waals surface area contributed by atoms with Gasteiger partial charge < -0.3 is 14.9 Å². The molecule has 0 spiro atoms. The number of aryl methyl sites for hydroxylation is 1. The number of rotatable bonds is 3. The van der Waals surface area contributed by atoms with E-state index in [1.54, 1.807) is 12.1 Å². The highest BCUT2D eigenvalue weighted by Gasteiger charge is 2.41. The minimum absolute atomic E-state index is 0.0638. The van der Waals surface area contributed by atoms with Gasteiger partial charge in [-0.1, -0.05) is 55.4 Å². The quantitative estimate of drug-likeness (QED) is 0.569. The van der Waals surface area contributed by atoms with E-state index in [4.69, 9.17) is 4.52 Å². The maximum Gasteiger partial charge on any atom is 0.233 e. The monoisotopic (exact) mass is 414 g/mol. The van der Waals surface area contributed by atoms with Crippen LogP contribution in [-0.4, -0.2) is 16.0 Å². The number of nitrogens with one attached hydrogen (secondary N) is 1. The van der Waals surface area contributed by atoms with E-state index in [1.165, 1.54) is 5.56 Å². The molecule has 0 saturated heterocycles. The van der Waals surface area contributed by atoms with E-state index in [1.807, 2.05) is 19.1 Å². The second kappa shape index (κ2) is 7.41. The number of aromatic nitrogens is 1. The number of phenolic OH excluding ortho intramolecular Hbond substituents is 1. The Balaban J connectivity index is 1.58. The molecule has 3 aromatic rings. The van der Waals surface area contributed by atoms with Gasteiger partial charge in [0.1, 0.15) is 5.75 Å². The fourth-order valence-electron chi connectivity index (χ4n) is 4.86. The Morgan fingerprint density at radius 2 is 1.71 bits per heavy atom. The van der Waals surface area contributed by atoms with Crippen molar-refractivity contribution in [3.8, 4) is 5.75 Å². The number of carbonyl (C=O) groups is 1. The Morgan fingerprint density at radius 1 is 1.03 bits per heavy atom. The number of aromatic hydroxyl groups is 1. The fraction of sp³-hybridized carbons (Fsp3) is 0.308. The number of hydrogen-bond donors (Lipinski definition) is 2. The molecule has 0 saturated carbocycles. The summed E-state index contributed by atoms with van der Waals surface area (Å²) in [6.45, 7) is 6.28. The normalized spacial score (nSPS) is 20.5. The van der Waals surface area contributed by atoms with Crippen molar-refractivity contribution in [3.63, 3.8) is 0 Å². The summed E-state index contributed by atoms with van der Waals surface area (Å²) in [4.78, 5) is 13.5. The van der Waals surface area contributed by atoms with Crippen LogP contribution in [-0.2, 0) is 4.79 Å². The van der Waals surface area contributed by atoms with Crippen LogP contribution in [0.15, 0.2) is 64.3 Å². The lowest BCUT2D eigenvalue weighted by Gasteiger charge is -2.34. The second-order valence-corrected chi connectivity index (χ2v) is 8.90. The lowest BCUT2D eigenvalue weighted by atomic mass is 9.72. The molecule has 5 heteroatoms. The highest BCUT2D eigenvalue weighted by Crippen LogP contribution is 2.49. The number of fused-ring (bicyclic) bond motifs is 1. The van der Waals surface area contributed by atoms with Gasteiger partial charge in [0.25, 0.3) is 0 Å². The number of carbonyl (C=O) groups excluding carboxylic acids is 1. The Hall–Kier alpha value is -3.34. The van der Waals surface area contributed by atoms with E-state index in [9.17, 15) is 9.90 Å². The number of nitrogens with zero attached hydrogens (tertiary/aromatic N) is 1. The molecule has 0 bridgehead atoms. The minimum Gasteiger partial charge on any atom is -0.508 e. The Kier molecular flexibility index (Phi) is 4.69. The molecule has 0 amide bonds. The van der Waals surface area contributed by atoms with Crippen molar-refractivity contribution < 1.29 is 14.4 Å². The van der Waals surface area contributed by atoms with Gasteiger partial charge in [-0.3, -0.25) is 4.79 Å². The predicted molar refractivity (Wildman–Crippen MR) is 119 cm³/mol. The lowest BCUT2D eigenvalue weighted by Crippen LogP contribution is -2.29. The summed E-state index contributed by atoms with van der Waals surface area (Å²) in [5.41, 5.74) is 6.91. The number of ketones is 1. The van der Waals surface area contributed by atoms with Crippen LogP contribution >= 0.6 is 0 Å². The summed E-state index contributed by atoms with van der Waals surface area (Å²) >= 11 is 0. The smallest absolute Gasteiger partial charge is 0.233 e. The van der Waals surface area contributed by atoms with Crippen LogP contribution in [0.3, 0.4) is 0 Å². The van der Waals surface area contributed by atoms with E-state index in [2.05, 4.69) is 48.6 Å². The average Bonchev–Trinajstić information content (AvgIpc) is 3.13. The van der Waals surface area contributed by atoms with Crippen LogP contribution in [0.2, 0.25) is 0 Å². The standard InChI is InChI=1S/C26H26N2O3/c1-14(2)16-4-6-18(7-5-16)24-23-15(3)28-31-26(23)27-21-12-19(13-22(30)25(21)24)17-8-10-20(29)11-9-17/h4-11,14,19,24,27,29H,12-13H2,1-3H3/t19-,24+/m1/s1. The van der Waals surface area contributed by atoms with Gasteiger partial charge in [0, 0.05) is 23.6 Å². The van der Waals surface area contributed by atoms with Gasteiger partial charge in [0.15, 0.2) is 5.78 Å². The number of hydrogen-bond acceptors (Lipinski definition) is 5. The third kappa shape index (κ3) is 3.34. The van der Waals surface area contributed by atoms with Gasteiger partial charge >= 0.3 is 0 Å². The van der Waals surface area contributed by atoms with Crippen molar-refractivity contribution in [2.24, 2.45) is 0 Å². The van der Waals surface area contributed by atoms with Crippen LogP contribution in [0, 0.1) is 6.92 Å². The third-order valence-electron chi connectivity index (χ3n) is 6.56. The highest BCUT2D eigenvalue weighted by atomic mass is 16.5. The fourth-order valence-corrected chi connectivity index (χ4v) is 4.86. The SMILES string of the molecule is Cc1noc2c1[C@H](c1ccc(C(C)C)cc1)C1=C(C[C@@H](c3ccc(O)cc3)CC1=O)N2. The maximum absolute atomic E-state index is 13.5. The average molecular weight is 415 g/mol. The first-order valence-electron chi connectivity index (χ1n) is 10.8. The molecule has 1 aromatic heterocycles. The van der Waals surface area contributed by atoms with Crippen molar-refractivity contribution in [2.75, 3.05) is 5.32 Å². The molecule has 5 nitrogen and oxygen atoms in total. The Labute approximate surface area is 181 Å². The van der Waals surface area contributed by atoms with Gasteiger partial charge in [-0.05, 0) is 54.0 Å². The molecule has 2 N–H and O–H groups in total. The Bertz CT molecular complexity index is 1170. The highest BCUT2D eigenvalue weighted by molar-refractivity contribution is 6.01. The van der Waals surface area contributed by atoms with Crippen LogP contribution < -0.4 is 5.32 Å². The number of anilines is 1. The summed E-state index contributed by atoms with van der Waals surface area (Å²) in [5, 5.41) is 17.2. The van der Waals surface area contributed by atoms with E-state index in [0.29, 0.717) is 24.6 Å². The molecule has 2 aliphatic rings. The molecule has 2 heterocycles. The molecule has 1 aliphatic carbocycles. The second-order valence-electron chi connectivity index (χ2n) is 8.90. The first kappa shape index (κ1) is 19.6. The number of allylic oxidation sites excluding steroid dienone is 2. The van der Waals surface area contributed by atoms with Gasteiger partial charge in [0.05, 0.1) is 11.3 Å². The predicted octanol–water partition coefficient (Wildman–Crippen LogP) is 5.77. The van der Waals surface area contributed by atoms with Crippen LogP contribution in [0.1, 0.15) is 72.4 Å². The van der Waals surface area contributed by atoms with Crippen molar-refractivity contribution in [3.05, 3.63) is 87.7 Å². The van der Waals surface area contributed by atoms with Crippen molar-refractivity contribution in [1.82, 2.24) is 5.16 Å². The molecular weight excluding hydrogens is 388 g/mol. The molecule has 5 rings (SSSR count). The topological polar surface area (TPSA) is 75.4 Å². The zero-order chi connectivity index (χ0) is 21.7. The maximum atomic E-state index is 13.5. The summed E-state index contributed by atoms with van der Waals surface area (Å²) in [5.74, 6) is 1.35. The van der Waals surface area contributed by atoms with E-state index in [0.717, 1.165) is 33.7 Å². The van der Waals surface area contributed by atoms with Crippen LogP contribution in [0.5, 0.6) is 5.75 Å². The van der Waals surface area contributed by atoms with Crippen molar-refractivity contribution in [1.29, 1.82) is 0 Å². The van der Waals surface area contributed by atoms with Crippen LogP contribution in [0.25, 0.3) is 0 Å². The minimum atomic E-state index is -0.174. The van der Waals surface area contributed by atoms with Crippen LogP contribution in [0.4, 0.5) is 5.88 Å². The lowest BCUT2D eigenvalue weighted by molar-refractivity contribution is -0.116. The summed E-state index contributed by atoms with van der Waals surface area (Å²) < 4.78 is 5.60. The van der Waals surface area contributed by atoms with Gasteiger partial charge in [-0.15, -0.1) is 0 Å². The first-order valence-corrected chi connectivity index (χ1v) is 10.8. The zero-order valence-corrected chi connectivity index (χ0v) is 18.0. The molecule has 158 valence electrons. The van der Waals surface area contributed by atoms with Gasteiger partial charge in [0.2, 0.25) is 5.88 Å². The van der Waals surface area contributed by atoms with Gasteiger partial charge in [-0.2, -0.15) is 0 Å². The molecule has 0 radical (unpaired) electrons. The van der Waals surface area contributed by atoms with Crippen molar-refractivity contribution in [2.45, 2.75) is 51.4 Å². The molecule has 0 fully saturated rings. The molecule has 31 heavy (non-hydrogen) atoms. The molecule has 2 aromatic carbocycles. The molecule has 1 aliphatic heterocycles. The summed E-state index contributed by atoms with van der Waals surface area (Å²) in [6, 6.07) is 15.7. The Morgan fingerprint density at radius 3 is 2.39 bits per heavy atom. The van der Waals surface area contributed by atoms with Crippen molar-refractivity contribution >= 4 is 11.7 Å². The molecule has 0 unspecified atom stereocenters. The first-order chi connectivity index (χ1) is 14.9. The molecule has 2 atom stereocenters. The number of Topliss-reactive ketones (excluding diaryl/α,β-unsaturated/α-hetero) is 1. The van der Waals surface area contributed by atoms with E-state index in [-0.39, 0.29) is 23.4 Å². The number of phenols is 1. The summed E-state index contributed by atoms with van der Waals surface area (Å²) in [7, 11) is 0.